The van der Waals surface area contributed by atoms with Crippen LogP contribution in [0.1, 0.15) is 20.3 Å². The summed E-state index contributed by atoms with van der Waals surface area (Å²) >= 11 is 1.62. The SMILES string of the molecule is CCC1(C)C=C(O)C=c2ncsc2=C1. The van der Waals surface area contributed by atoms with Gasteiger partial charge in [-0.25, -0.2) is 4.98 Å². The number of aliphatic hydroxyl groups is 1. The number of hydrogen-bond acceptors (Lipinski definition) is 3. The van der Waals surface area contributed by atoms with Crippen molar-refractivity contribution in [1.82, 2.24) is 4.98 Å². The van der Waals surface area contributed by atoms with Crippen LogP contribution in [0.2, 0.25) is 0 Å². The van der Waals surface area contributed by atoms with E-state index in [1.54, 1.807) is 17.4 Å². The summed E-state index contributed by atoms with van der Waals surface area (Å²) in [5.41, 5.74) is 1.75. The quantitative estimate of drug-likeness (QED) is 0.758. The van der Waals surface area contributed by atoms with E-state index in [-0.39, 0.29) is 5.41 Å². The number of rotatable bonds is 1. The Morgan fingerprint density at radius 3 is 3.00 bits per heavy atom. The molecule has 0 saturated heterocycles. The fourth-order valence-corrected chi connectivity index (χ4v) is 2.39. The molecule has 74 valence electrons. The van der Waals surface area contributed by atoms with E-state index >= 15 is 0 Å². The van der Waals surface area contributed by atoms with Crippen LogP contribution in [0.15, 0.2) is 17.3 Å². The summed E-state index contributed by atoms with van der Waals surface area (Å²) in [6, 6.07) is 0. The minimum Gasteiger partial charge on any atom is -0.508 e. The highest BCUT2D eigenvalue weighted by Crippen LogP contribution is 2.27. The van der Waals surface area contributed by atoms with E-state index in [9.17, 15) is 5.11 Å². The fourth-order valence-electron chi connectivity index (χ4n) is 1.55. The Kier molecular flexibility index (Phi) is 2.19. The summed E-state index contributed by atoms with van der Waals surface area (Å²) in [7, 11) is 0. The van der Waals surface area contributed by atoms with Crippen molar-refractivity contribution in [3.8, 4) is 0 Å². The third-order valence-corrected chi connectivity index (χ3v) is 3.40. The largest absolute Gasteiger partial charge is 0.508 e. The van der Waals surface area contributed by atoms with Gasteiger partial charge >= 0.3 is 0 Å². The predicted molar refractivity (Wildman–Crippen MR) is 59.4 cm³/mol. The first-order chi connectivity index (χ1) is 6.63. The Bertz CT molecular complexity index is 486. The lowest BCUT2D eigenvalue weighted by Gasteiger charge is -2.18. The van der Waals surface area contributed by atoms with Gasteiger partial charge in [-0.1, -0.05) is 19.9 Å². The molecule has 1 heterocycles. The molecule has 2 nitrogen and oxygen atoms in total. The minimum atomic E-state index is -0.0572. The molecule has 0 radical (unpaired) electrons. The van der Waals surface area contributed by atoms with Gasteiger partial charge < -0.3 is 5.11 Å². The molecular weight excluding hydrogens is 194 g/mol. The topological polar surface area (TPSA) is 33.1 Å². The molecule has 0 bridgehead atoms. The Hall–Kier alpha value is -1.09. The number of hydrogen-bond donors (Lipinski definition) is 1. The van der Waals surface area contributed by atoms with Gasteiger partial charge in [0.05, 0.1) is 15.4 Å². The molecule has 1 atom stereocenters. The highest BCUT2D eigenvalue weighted by Gasteiger charge is 2.18. The van der Waals surface area contributed by atoms with Gasteiger partial charge in [0.15, 0.2) is 0 Å². The van der Waals surface area contributed by atoms with Gasteiger partial charge in [0.2, 0.25) is 0 Å². The maximum absolute atomic E-state index is 9.67. The van der Waals surface area contributed by atoms with Crippen molar-refractivity contribution in [3.63, 3.8) is 0 Å². The second kappa shape index (κ2) is 3.24. The van der Waals surface area contributed by atoms with Crippen molar-refractivity contribution in [2.45, 2.75) is 20.3 Å². The average Bonchev–Trinajstić information content (AvgIpc) is 2.48. The van der Waals surface area contributed by atoms with Gasteiger partial charge in [0.1, 0.15) is 5.76 Å². The lowest BCUT2D eigenvalue weighted by Crippen LogP contribution is -2.22. The monoisotopic (exact) mass is 207 g/mol. The first kappa shape index (κ1) is 9.46. The van der Waals surface area contributed by atoms with Crippen LogP contribution in [0.3, 0.4) is 0 Å². The molecule has 3 heteroatoms. The summed E-state index contributed by atoms with van der Waals surface area (Å²) in [4.78, 5) is 4.20. The molecule has 0 saturated carbocycles. The van der Waals surface area contributed by atoms with Crippen molar-refractivity contribution in [3.05, 3.63) is 27.2 Å². The second-order valence-electron chi connectivity index (χ2n) is 3.82. The Morgan fingerprint density at radius 2 is 2.29 bits per heavy atom. The third-order valence-electron chi connectivity index (χ3n) is 2.61. The van der Waals surface area contributed by atoms with Crippen molar-refractivity contribution in [2.75, 3.05) is 0 Å². The van der Waals surface area contributed by atoms with Crippen LogP contribution < -0.4 is 9.88 Å². The number of aromatic nitrogens is 1. The summed E-state index contributed by atoms with van der Waals surface area (Å²) in [5, 5.41) is 10.5. The zero-order valence-electron chi connectivity index (χ0n) is 8.32. The number of nitrogens with zero attached hydrogens (tertiary/aromatic N) is 1. The molecule has 1 aromatic rings. The van der Waals surface area contributed by atoms with Crippen LogP contribution in [0, 0.1) is 5.41 Å². The van der Waals surface area contributed by atoms with E-state index in [2.05, 4.69) is 24.9 Å². The highest BCUT2D eigenvalue weighted by atomic mass is 32.1. The van der Waals surface area contributed by atoms with Crippen LogP contribution in [0.5, 0.6) is 0 Å². The van der Waals surface area contributed by atoms with Crippen molar-refractivity contribution < 1.29 is 5.11 Å². The maximum atomic E-state index is 9.67. The van der Waals surface area contributed by atoms with E-state index in [0.29, 0.717) is 5.76 Å². The molecule has 1 unspecified atom stereocenters. The van der Waals surface area contributed by atoms with Crippen LogP contribution in [-0.4, -0.2) is 10.1 Å². The predicted octanol–water partition coefficient (Wildman–Crippen LogP) is 1.58. The maximum Gasteiger partial charge on any atom is 0.114 e. The average molecular weight is 207 g/mol. The van der Waals surface area contributed by atoms with E-state index in [4.69, 9.17) is 0 Å². The van der Waals surface area contributed by atoms with E-state index in [0.717, 1.165) is 16.3 Å². The van der Waals surface area contributed by atoms with Gasteiger partial charge in [-0.05, 0) is 12.5 Å². The first-order valence-electron chi connectivity index (χ1n) is 4.69. The molecule has 1 aliphatic carbocycles. The van der Waals surface area contributed by atoms with Gasteiger partial charge in [0.25, 0.3) is 0 Å². The minimum absolute atomic E-state index is 0.0572. The van der Waals surface area contributed by atoms with Crippen LogP contribution in [0.4, 0.5) is 0 Å². The number of aliphatic hydroxyl groups excluding tert-OH is 1. The van der Waals surface area contributed by atoms with Crippen molar-refractivity contribution in [1.29, 1.82) is 0 Å². The van der Waals surface area contributed by atoms with E-state index in [1.165, 1.54) is 0 Å². The molecule has 0 aromatic carbocycles. The van der Waals surface area contributed by atoms with Crippen LogP contribution in [-0.2, 0) is 0 Å². The summed E-state index contributed by atoms with van der Waals surface area (Å²) in [6.07, 6.45) is 6.77. The molecule has 0 aliphatic heterocycles. The zero-order valence-corrected chi connectivity index (χ0v) is 9.14. The Balaban J connectivity index is 2.71. The summed E-state index contributed by atoms with van der Waals surface area (Å²) < 4.78 is 1.15. The third kappa shape index (κ3) is 1.60. The lowest BCUT2D eigenvalue weighted by molar-refractivity contribution is 0.423. The molecule has 0 amide bonds. The molecule has 1 aromatic heterocycles. The molecule has 1 N–H and O–H groups in total. The lowest BCUT2D eigenvalue weighted by atomic mass is 9.87. The van der Waals surface area contributed by atoms with Crippen molar-refractivity contribution in [2.24, 2.45) is 5.41 Å². The second-order valence-corrected chi connectivity index (χ2v) is 4.71. The highest BCUT2D eigenvalue weighted by molar-refractivity contribution is 7.07. The standard InChI is InChI=1S/C11H13NOS/c1-3-11(2)5-8(13)4-9-10(6-11)14-7-12-9/h4-7,13H,3H2,1-2H3. The Morgan fingerprint density at radius 1 is 1.50 bits per heavy atom. The molecule has 2 rings (SSSR count). The van der Waals surface area contributed by atoms with Crippen LogP contribution >= 0.6 is 11.3 Å². The number of allylic oxidation sites excluding steroid dienone is 2. The molecule has 0 fully saturated rings. The molecule has 0 spiro atoms. The zero-order chi connectivity index (χ0) is 10.2. The summed E-state index contributed by atoms with van der Waals surface area (Å²) in [6.45, 7) is 4.23. The number of thiazole rings is 1. The van der Waals surface area contributed by atoms with Crippen LogP contribution in [0.25, 0.3) is 12.2 Å². The Labute approximate surface area is 86.9 Å². The molecule has 1 aliphatic rings. The smallest absolute Gasteiger partial charge is 0.114 e. The normalized spacial score (nSPS) is 25.4. The van der Waals surface area contributed by atoms with E-state index in [1.807, 2.05) is 11.6 Å². The first-order valence-corrected chi connectivity index (χ1v) is 5.57. The molecule has 14 heavy (non-hydrogen) atoms. The van der Waals surface area contributed by atoms with Gasteiger partial charge in [-0.2, -0.15) is 0 Å². The fraction of sp³-hybridized carbons (Fsp3) is 0.364. The van der Waals surface area contributed by atoms with Crippen molar-refractivity contribution >= 4 is 23.5 Å². The van der Waals surface area contributed by atoms with E-state index < -0.39 is 0 Å². The summed E-state index contributed by atoms with van der Waals surface area (Å²) in [5.74, 6) is 0.315. The number of fused-ring (bicyclic) bond motifs is 1. The van der Waals surface area contributed by atoms with Gasteiger partial charge in [-0.3, -0.25) is 0 Å². The van der Waals surface area contributed by atoms with Gasteiger partial charge in [0, 0.05) is 11.5 Å². The van der Waals surface area contributed by atoms with Gasteiger partial charge in [-0.15, -0.1) is 11.3 Å². The molecular formula is C11H13NOS.